The van der Waals surface area contributed by atoms with Crippen molar-refractivity contribution in [1.29, 1.82) is 0 Å². The summed E-state index contributed by atoms with van der Waals surface area (Å²) in [6, 6.07) is 9.03. The molecular weight excluding hydrogens is 338 g/mol. The highest BCUT2D eigenvalue weighted by Gasteiger charge is 2.51. The van der Waals surface area contributed by atoms with Crippen LogP contribution >= 0.6 is 0 Å². The van der Waals surface area contributed by atoms with Gasteiger partial charge in [-0.25, -0.2) is 4.79 Å². The zero-order valence-corrected chi connectivity index (χ0v) is 17.1. The van der Waals surface area contributed by atoms with E-state index in [1.165, 1.54) is 12.0 Å². The zero-order chi connectivity index (χ0) is 19.2. The van der Waals surface area contributed by atoms with E-state index in [9.17, 15) is 4.79 Å². The summed E-state index contributed by atoms with van der Waals surface area (Å²) in [6.45, 7) is 7.35. The van der Waals surface area contributed by atoms with Crippen LogP contribution in [0.15, 0.2) is 24.3 Å². The zero-order valence-electron chi connectivity index (χ0n) is 17.1. The molecule has 0 saturated carbocycles. The molecule has 4 rings (SSSR count). The maximum Gasteiger partial charge on any atom is 0.319 e. The number of urea groups is 1. The number of benzene rings is 1. The van der Waals surface area contributed by atoms with Gasteiger partial charge < -0.3 is 14.5 Å². The normalized spacial score (nSPS) is 32.1. The van der Waals surface area contributed by atoms with Gasteiger partial charge in [-0.3, -0.25) is 4.90 Å². The molecule has 2 saturated heterocycles. The van der Waals surface area contributed by atoms with Gasteiger partial charge >= 0.3 is 6.03 Å². The summed E-state index contributed by atoms with van der Waals surface area (Å²) in [5.41, 5.74) is 1.25. The Balaban J connectivity index is 1.53. The Hall–Kier alpha value is -1.75. The molecule has 5 nitrogen and oxygen atoms in total. The van der Waals surface area contributed by atoms with Crippen molar-refractivity contribution in [3.63, 3.8) is 0 Å². The molecule has 1 aromatic carbocycles. The second-order valence-corrected chi connectivity index (χ2v) is 8.83. The lowest BCUT2D eigenvalue weighted by atomic mass is 9.75. The van der Waals surface area contributed by atoms with Crippen LogP contribution in [0.4, 0.5) is 4.79 Å². The molecule has 2 unspecified atom stereocenters. The number of amides is 2. The van der Waals surface area contributed by atoms with Gasteiger partial charge in [-0.2, -0.15) is 0 Å². The third-order valence-corrected chi connectivity index (χ3v) is 7.12. The Labute approximate surface area is 163 Å². The van der Waals surface area contributed by atoms with Crippen molar-refractivity contribution < 1.29 is 9.53 Å². The van der Waals surface area contributed by atoms with Crippen LogP contribution in [-0.4, -0.2) is 72.1 Å². The van der Waals surface area contributed by atoms with Gasteiger partial charge in [0.1, 0.15) is 11.9 Å². The van der Waals surface area contributed by atoms with Crippen molar-refractivity contribution in [3.8, 4) is 5.75 Å². The van der Waals surface area contributed by atoms with Crippen LogP contribution in [0, 0.1) is 0 Å². The Bertz CT molecular complexity index is 709. The fourth-order valence-electron chi connectivity index (χ4n) is 5.33. The van der Waals surface area contributed by atoms with Gasteiger partial charge in [0.15, 0.2) is 0 Å². The molecule has 0 spiro atoms. The van der Waals surface area contributed by atoms with Crippen LogP contribution in [0.2, 0.25) is 0 Å². The molecular formula is C22H33N3O2. The van der Waals surface area contributed by atoms with Crippen LogP contribution < -0.4 is 4.74 Å². The lowest BCUT2D eigenvalue weighted by molar-refractivity contribution is -0.0417. The van der Waals surface area contributed by atoms with E-state index in [-0.39, 0.29) is 17.7 Å². The van der Waals surface area contributed by atoms with Crippen LogP contribution in [0.1, 0.15) is 51.0 Å². The molecule has 1 aromatic rings. The number of piperidine rings is 2. The summed E-state index contributed by atoms with van der Waals surface area (Å²) in [7, 11) is 3.89. The van der Waals surface area contributed by atoms with E-state index >= 15 is 0 Å². The molecule has 148 valence electrons. The number of rotatable bonds is 3. The molecule has 3 aliphatic rings. The summed E-state index contributed by atoms with van der Waals surface area (Å²) in [4.78, 5) is 19.4. The SMILES string of the molecule is CCCN(C)C(=O)N(C)[C@]1(C)CCN2CCC3c4ccccc4OC3[C@@H]2C1. The van der Waals surface area contributed by atoms with Crippen molar-refractivity contribution in [3.05, 3.63) is 29.8 Å². The van der Waals surface area contributed by atoms with Crippen LogP contribution in [-0.2, 0) is 0 Å². The molecule has 2 amide bonds. The molecule has 0 bridgehead atoms. The molecule has 3 aliphatic heterocycles. The highest BCUT2D eigenvalue weighted by atomic mass is 16.5. The highest BCUT2D eigenvalue weighted by molar-refractivity contribution is 5.74. The van der Waals surface area contributed by atoms with Crippen LogP contribution in [0.25, 0.3) is 0 Å². The van der Waals surface area contributed by atoms with Gasteiger partial charge in [-0.05, 0) is 45.2 Å². The quantitative estimate of drug-likeness (QED) is 0.815. The average molecular weight is 372 g/mol. The first-order valence-corrected chi connectivity index (χ1v) is 10.4. The Morgan fingerprint density at radius 1 is 1.30 bits per heavy atom. The lowest BCUT2D eigenvalue weighted by Crippen LogP contribution is -2.64. The standard InChI is InChI=1S/C22H33N3O2/c1-5-12-23(3)21(26)24(4)22(2)11-14-25-13-10-17-16-8-6-7-9-19(16)27-20(17)18(25)15-22/h6-9,17-18,20H,5,10-15H2,1-4H3/t17?,18-,20?,22+/m0/s1. The van der Waals surface area contributed by atoms with E-state index in [0.29, 0.717) is 12.0 Å². The smallest absolute Gasteiger partial charge is 0.319 e. The number of ether oxygens (including phenoxy) is 1. The van der Waals surface area contributed by atoms with Crippen molar-refractivity contribution in [2.75, 3.05) is 33.7 Å². The minimum Gasteiger partial charge on any atom is -0.488 e. The minimum atomic E-state index is -0.125. The van der Waals surface area contributed by atoms with Crippen molar-refractivity contribution in [1.82, 2.24) is 14.7 Å². The van der Waals surface area contributed by atoms with Gasteiger partial charge in [-0.1, -0.05) is 25.1 Å². The second-order valence-electron chi connectivity index (χ2n) is 8.83. The number of carbonyl (C=O) groups excluding carboxylic acids is 1. The molecule has 27 heavy (non-hydrogen) atoms. The largest absolute Gasteiger partial charge is 0.488 e. The molecule has 0 aromatic heterocycles. The van der Waals surface area contributed by atoms with Gasteiger partial charge in [-0.15, -0.1) is 0 Å². The summed E-state index contributed by atoms with van der Waals surface area (Å²) >= 11 is 0. The molecule has 0 aliphatic carbocycles. The number of nitrogens with zero attached hydrogens (tertiary/aromatic N) is 3. The molecule has 0 N–H and O–H groups in total. The minimum absolute atomic E-state index is 0.125. The first kappa shape index (κ1) is 18.6. The number of hydrogen-bond donors (Lipinski definition) is 0. The van der Waals surface area contributed by atoms with Gasteiger partial charge in [0.2, 0.25) is 0 Å². The van der Waals surface area contributed by atoms with Gasteiger partial charge in [0.25, 0.3) is 0 Å². The van der Waals surface area contributed by atoms with E-state index in [2.05, 4.69) is 43.0 Å². The molecule has 4 atom stereocenters. The maximum atomic E-state index is 12.9. The number of hydrogen-bond acceptors (Lipinski definition) is 3. The molecule has 5 heteroatoms. The molecule has 0 radical (unpaired) electrons. The van der Waals surface area contributed by atoms with Crippen LogP contribution in [0.3, 0.4) is 0 Å². The maximum absolute atomic E-state index is 12.9. The number of fused-ring (bicyclic) bond motifs is 5. The number of para-hydroxylation sites is 1. The summed E-state index contributed by atoms with van der Waals surface area (Å²) < 4.78 is 6.44. The summed E-state index contributed by atoms with van der Waals surface area (Å²) in [5.74, 6) is 1.56. The van der Waals surface area contributed by atoms with Gasteiger partial charge in [0, 0.05) is 50.2 Å². The van der Waals surface area contributed by atoms with Crippen molar-refractivity contribution in [2.24, 2.45) is 0 Å². The first-order chi connectivity index (χ1) is 12.9. The summed E-state index contributed by atoms with van der Waals surface area (Å²) in [5, 5.41) is 0. The fourth-order valence-corrected chi connectivity index (χ4v) is 5.33. The van der Waals surface area contributed by atoms with E-state index in [0.717, 1.165) is 44.6 Å². The highest BCUT2D eigenvalue weighted by Crippen LogP contribution is 2.48. The van der Waals surface area contributed by atoms with Crippen molar-refractivity contribution in [2.45, 2.75) is 63.1 Å². The lowest BCUT2D eigenvalue weighted by Gasteiger charge is -2.53. The van der Waals surface area contributed by atoms with E-state index in [1.807, 2.05) is 23.9 Å². The Morgan fingerprint density at radius 2 is 2.07 bits per heavy atom. The van der Waals surface area contributed by atoms with Crippen LogP contribution in [0.5, 0.6) is 5.75 Å². The predicted octanol–water partition coefficient (Wildman–Crippen LogP) is 3.55. The average Bonchev–Trinajstić information content (AvgIpc) is 3.06. The monoisotopic (exact) mass is 371 g/mol. The number of carbonyl (C=O) groups is 1. The third kappa shape index (κ3) is 3.10. The van der Waals surface area contributed by atoms with E-state index in [1.54, 1.807) is 0 Å². The summed E-state index contributed by atoms with van der Waals surface area (Å²) in [6.07, 6.45) is 4.37. The molecule has 2 fully saturated rings. The topological polar surface area (TPSA) is 36.0 Å². The molecule has 3 heterocycles. The fraction of sp³-hybridized carbons (Fsp3) is 0.682. The van der Waals surface area contributed by atoms with E-state index < -0.39 is 0 Å². The third-order valence-electron chi connectivity index (χ3n) is 7.12. The van der Waals surface area contributed by atoms with Crippen molar-refractivity contribution >= 4 is 6.03 Å². The van der Waals surface area contributed by atoms with E-state index in [4.69, 9.17) is 4.74 Å². The Morgan fingerprint density at radius 3 is 2.85 bits per heavy atom. The second kappa shape index (κ2) is 7.01. The van der Waals surface area contributed by atoms with Gasteiger partial charge in [0.05, 0.1) is 0 Å². The first-order valence-electron chi connectivity index (χ1n) is 10.4. The Kier molecular flexibility index (Phi) is 4.83. The predicted molar refractivity (Wildman–Crippen MR) is 107 cm³/mol.